The summed E-state index contributed by atoms with van der Waals surface area (Å²) in [5, 5.41) is 17.9. The maximum absolute atomic E-state index is 11.4. The molecule has 0 aliphatic rings. The van der Waals surface area contributed by atoms with E-state index < -0.39 is 31.1 Å². The van der Waals surface area contributed by atoms with Gasteiger partial charge in [-0.05, 0) is 12.8 Å². The minimum Gasteiger partial charge on any atom is -0.550 e. The molecule has 12 heavy (non-hydrogen) atoms. The Kier molecular flexibility index (Phi) is 7.11. The first kappa shape index (κ1) is 14.7. The third-order valence-corrected chi connectivity index (χ3v) is 1.000. The summed E-state index contributed by atoms with van der Waals surface area (Å²) in [7, 11) is 0. The van der Waals surface area contributed by atoms with Gasteiger partial charge >= 0.3 is 35.7 Å². The molecule has 0 aliphatic carbocycles. The Morgan fingerprint density at radius 2 is 1.92 bits per heavy atom. The van der Waals surface area contributed by atoms with E-state index in [-0.39, 0.29) is 29.6 Å². The second-order valence-electron chi connectivity index (χ2n) is 1.97. The summed E-state index contributed by atoms with van der Waals surface area (Å²) in [5.74, 6) is -1.60. The van der Waals surface area contributed by atoms with Crippen LogP contribution in [0.15, 0.2) is 0 Å². The number of carbonyl (C=O) groups is 1. The zero-order chi connectivity index (χ0) is 9.07. The fourth-order valence-electron chi connectivity index (χ4n) is 0.418. The summed E-state index contributed by atoms with van der Waals surface area (Å²) < 4.78 is 34.3. The van der Waals surface area contributed by atoms with Gasteiger partial charge in [-0.15, -0.1) is 0 Å². The maximum atomic E-state index is 11.4. The average Bonchev–Trinajstić information content (AvgIpc) is 1.80. The second kappa shape index (κ2) is 5.80. The van der Waals surface area contributed by atoms with Crippen LogP contribution in [-0.2, 0) is 4.79 Å². The smallest absolute Gasteiger partial charge is 0.550 e. The quantitative estimate of drug-likeness (QED) is 0.473. The summed E-state index contributed by atoms with van der Waals surface area (Å²) >= 11 is 0. The molecule has 0 radical (unpaired) electrons. The summed E-state index contributed by atoms with van der Waals surface area (Å²) in [6.45, 7) is 0. The molecule has 0 saturated carbocycles. The van der Waals surface area contributed by atoms with Crippen LogP contribution in [0.1, 0.15) is 12.8 Å². The summed E-state index contributed by atoms with van der Waals surface area (Å²) in [5.41, 5.74) is 0. The zero-order valence-electron chi connectivity index (χ0n) is 6.39. The van der Waals surface area contributed by atoms with Crippen LogP contribution >= 0.6 is 0 Å². The van der Waals surface area contributed by atoms with E-state index in [2.05, 4.69) is 0 Å². The number of hydrogen-bond acceptors (Lipinski definition) is 3. The SMILES string of the molecule is O=C([O-])CCC(O)C(F)(F)F.[Na+]. The van der Waals surface area contributed by atoms with E-state index in [1.165, 1.54) is 0 Å². The predicted molar refractivity (Wildman–Crippen MR) is 26.3 cm³/mol. The van der Waals surface area contributed by atoms with Crippen molar-refractivity contribution in [2.24, 2.45) is 0 Å². The molecular formula is C5H6F3NaO3. The number of carboxylic acid groups (broad SMARTS) is 1. The molecule has 0 heterocycles. The first-order valence-electron chi connectivity index (χ1n) is 2.78. The molecule has 1 atom stereocenters. The molecule has 0 rings (SSSR count). The third-order valence-electron chi connectivity index (χ3n) is 1.000. The Labute approximate surface area is 88.9 Å². The largest absolute Gasteiger partial charge is 1.00 e. The van der Waals surface area contributed by atoms with Crippen LogP contribution < -0.4 is 34.7 Å². The molecule has 1 unspecified atom stereocenters. The van der Waals surface area contributed by atoms with Crippen molar-refractivity contribution in [2.45, 2.75) is 25.1 Å². The molecule has 1 N–H and O–H groups in total. The van der Waals surface area contributed by atoms with E-state index in [1.54, 1.807) is 0 Å². The van der Waals surface area contributed by atoms with Crippen molar-refractivity contribution in [1.82, 2.24) is 0 Å². The van der Waals surface area contributed by atoms with E-state index in [9.17, 15) is 23.1 Å². The van der Waals surface area contributed by atoms with Crippen molar-refractivity contribution in [2.75, 3.05) is 0 Å². The van der Waals surface area contributed by atoms with E-state index in [0.717, 1.165) is 0 Å². The van der Waals surface area contributed by atoms with Gasteiger partial charge < -0.3 is 15.0 Å². The van der Waals surface area contributed by atoms with Crippen LogP contribution in [-0.4, -0.2) is 23.4 Å². The summed E-state index contributed by atoms with van der Waals surface area (Å²) in [6, 6.07) is 0. The molecule has 0 aliphatic heterocycles. The Balaban J connectivity index is 0. The number of alkyl halides is 3. The summed E-state index contributed by atoms with van der Waals surface area (Å²) in [6.07, 6.45) is -8.96. The number of carbonyl (C=O) groups excluding carboxylic acids is 1. The minimum absolute atomic E-state index is 0. The number of aliphatic hydroxyl groups excluding tert-OH is 1. The van der Waals surface area contributed by atoms with Crippen molar-refractivity contribution >= 4 is 5.97 Å². The number of aliphatic carboxylic acids is 1. The first-order valence-corrected chi connectivity index (χ1v) is 2.78. The Hall–Kier alpha value is 0.220. The van der Waals surface area contributed by atoms with Gasteiger partial charge in [-0.25, -0.2) is 0 Å². The number of rotatable bonds is 3. The van der Waals surface area contributed by atoms with Crippen LogP contribution in [0.2, 0.25) is 0 Å². The van der Waals surface area contributed by atoms with E-state index >= 15 is 0 Å². The molecule has 7 heteroatoms. The van der Waals surface area contributed by atoms with Crippen molar-refractivity contribution in [3.8, 4) is 0 Å². The van der Waals surface area contributed by atoms with Gasteiger partial charge in [-0.2, -0.15) is 13.2 Å². The third kappa shape index (κ3) is 6.90. The Bertz CT molecular complexity index is 147. The van der Waals surface area contributed by atoms with Gasteiger partial charge in [0.05, 0.1) is 0 Å². The first-order chi connectivity index (χ1) is 4.84. The van der Waals surface area contributed by atoms with E-state index in [1.807, 2.05) is 0 Å². The molecule has 0 bridgehead atoms. The number of hydrogen-bond donors (Lipinski definition) is 1. The molecule has 66 valence electrons. The molecular weight excluding hydrogens is 188 g/mol. The average molecular weight is 194 g/mol. The molecule has 0 amide bonds. The van der Waals surface area contributed by atoms with Gasteiger partial charge in [-0.3, -0.25) is 0 Å². The van der Waals surface area contributed by atoms with Crippen LogP contribution in [0.5, 0.6) is 0 Å². The van der Waals surface area contributed by atoms with Gasteiger partial charge in [0.1, 0.15) is 6.10 Å². The van der Waals surface area contributed by atoms with Crippen LogP contribution in [0.4, 0.5) is 13.2 Å². The van der Waals surface area contributed by atoms with Gasteiger partial charge in [0, 0.05) is 5.97 Å². The van der Waals surface area contributed by atoms with Crippen molar-refractivity contribution in [3.63, 3.8) is 0 Å². The van der Waals surface area contributed by atoms with E-state index in [4.69, 9.17) is 5.11 Å². The normalized spacial score (nSPS) is 13.3. The van der Waals surface area contributed by atoms with Crippen LogP contribution in [0.3, 0.4) is 0 Å². The fraction of sp³-hybridized carbons (Fsp3) is 0.800. The molecule has 0 spiro atoms. The van der Waals surface area contributed by atoms with Crippen molar-refractivity contribution in [1.29, 1.82) is 0 Å². The topological polar surface area (TPSA) is 60.4 Å². The predicted octanol–water partition coefficient (Wildman–Crippen LogP) is -3.56. The van der Waals surface area contributed by atoms with Gasteiger partial charge in [0.25, 0.3) is 0 Å². The zero-order valence-corrected chi connectivity index (χ0v) is 8.39. The number of halogens is 3. The number of aliphatic hydroxyl groups is 1. The second-order valence-corrected chi connectivity index (χ2v) is 1.97. The number of carboxylic acids is 1. The van der Waals surface area contributed by atoms with Gasteiger partial charge in [0.2, 0.25) is 0 Å². The standard InChI is InChI=1S/C5H7F3O3.Na/c6-5(7,8)3(9)1-2-4(10)11;/h3,9H,1-2H2,(H,10,11);/q;+1/p-1. The Morgan fingerprint density at radius 1 is 1.50 bits per heavy atom. The molecule has 0 fully saturated rings. The van der Waals surface area contributed by atoms with E-state index in [0.29, 0.717) is 0 Å². The minimum atomic E-state index is -4.74. The van der Waals surface area contributed by atoms with Crippen molar-refractivity contribution in [3.05, 3.63) is 0 Å². The monoisotopic (exact) mass is 194 g/mol. The molecule has 0 aromatic rings. The Morgan fingerprint density at radius 3 is 2.17 bits per heavy atom. The molecule has 0 aromatic heterocycles. The van der Waals surface area contributed by atoms with Crippen LogP contribution in [0.25, 0.3) is 0 Å². The molecule has 0 aromatic carbocycles. The van der Waals surface area contributed by atoms with Crippen LogP contribution in [0, 0.1) is 0 Å². The maximum Gasteiger partial charge on any atom is 1.00 e. The van der Waals surface area contributed by atoms with Crippen molar-refractivity contribution < 1.29 is 57.7 Å². The fourth-order valence-corrected chi connectivity index (χ4v) is 0.418. The van der Waals surface area contributed by atoms with Gasteiger partial charge in [-0.1, -0.05) is 0 Å². The molecule has 3 nitrogen and oxygen atoms in total. The molecule has 0 saturated heterocycles. The summed E-state index contributed by atoms with van der Waals surface area (Å²) in [4.78, 5) is 9.64. The van der Waals surface area contributed by atoms with Gasteiger partial charge in [0.15, 0.2) is 0 Å².